The highest BCUT2D eigenvalue weighted by Crippen LogP contribution is 2.35. The second-order valence-electron chi connectivity index (χ2n) is 6.17. The Labute approximate surface area is 132 Å². The molecule has 0 bridgehead atoms. The highest BCUT2D eigenvalue weighted by Gasteiger charge is 2.09. The predicted octanol–water partition coefficient (Wildman–Crippen LogP) is 5.56. The first kappa shape index (κ1) is 16.0. The van der Waals surface area contributed by atoms with Gasteiger partial charge in [-0.1, -0.05) is 45.4 Å². The Bertz CT molecular complexity index is 605. The van der Waals surface area contributed by atoms with Crippen LogP contribution in [0.1, 0.15) is 27.7 Å². The molecule has 114 valence electrons. The molecule has 0 aliphatic rings. The van der Waals surface area contributed by atoms with E-state index < -0.39 is 0 Å². The maximum Gasteiger partial charge on any atom is 0.145 e. The summed E-state index contributed by atoms with van der Waals surface area (Å²) < 4.78 is 11.6. The summed E-state index contributed by atoms with van der Waals surface area (Å²) in [6.45, 7) is 9.89. The van der Waals surface area contributed by atoms with Crippen molar-refractivity contribution in [3.8, 4) is 11.5 Å². The third kappa shape index (κ3) is 4.28. The molecule has 2 nitrogen and oxygen atoms in total. The lowest BCUT2D eigenvalue weighted by Crippen LogP contribution is -2.05. The molecule has 2 rings (SSSR count). The van der Waals surface area contributed by atoms with Crippen molar-refractivity contribution in [2.45, 2.75) is 27.7 Å². The smallest absolute Gasteiger partial charge is 0.145 e. The third-order valence-electron chi connectivity index (χ3n) is 3.04. The van der Waals surface area contributed by atoms with Gasteiger partial charge >= 0.3 is 0 Å². The van der Waals surface area contributed by atoms with Crippen molar-refractivity contribution < 1.29 is 9.47 Å². The monoisotopic (exact) mass is 306 g/mol. The molecule has 2 aromatic rings. The maximum atomic E-state index is 6.27. The van der Waals surface area contributed by atoms with Crippen LogP contribution in [0.3, 0.4) is 0 Å². The van der Waals surface area contributed by atoms with Crippen LogP contribution in [0.2, 0.25) is 5.02 Å². The predicted molar refractivity (Wildman–Crippen MR) is 89.6 cm³/mol. The van der Waals surface area contributed by atoms with Crippen LogP contribution in [0.5, 0.6) is 11.5 Å². The fourth-order valence-corrected chi connectivity index (χ4v) is 2.22. The summed E-state index contributed by atoms with van der Waals surface area (Å²) >= 11 is 6.27. The summed E-state index contributed by atoms with van der Waals surface area (Å²) in [7, 11) is 0. The van der Waals surface area contributed by atoms with Crippen LogP contribution in [0, 0.1) is 11.8 Å². The third-order valence-corrected chi connectivity index (χ3v) is 3.34. The van der Waals surface area contributed by atoms with E-state index in [1.807, 2.05) is 30.3 Å². The van der Waals surface area contributed by atoms with Gasteiger partial charge in [0.2, 0.25) is 0 Å². The number of ether oxygens (including phenoxy) is 2. The van der Waals surface area contributed by atoms with Gasteiger partial charge in [0.25, 0.3) is 0 Å². The highest BCUT2D eigenvalue weighted by molar-refractivity contribution is 6.33. The van der Waals surface area contributed by atoms with Gasteiger partial charge in [-0.3, -0.25) is 0 Å². The van der Waals surface area contributed by atoms with Gasteiger partial charge in [0.1, 0.15) is 11.5 Å². The van der Waals surface area contributed by atoms with E-state index >= 15 is 0 Å². The average molecular weight is 307 g/mol. The van der Waals surface area contributed by atoms with Gasteiger partial charge in [-0.05, 0) is 41.5 Å². The highest BCUT2D eigenvalue weighted by atomic mass is 35.5. The Morgan fingerprint density at radius 3 is 2.24 bits per heavy atom. The van der Waals surface area contributed by atoms with Gasteiger partial charge in [-0.25, -0.2) is 0 Å². The lowest BCUT2D eigenvalue weighted by atomic mass is 10.1. The topological polar surface area (TPSA) is 18.5 Å². The molecule has 21 heavy (non-hydrogen) atoms. The first-order valence-electron chi connectivity index (χ1n) is 7.45. The van der Waals surface area contributed by atoms with Crippen LogP contribution in [0.15, 0.2) is 30.3 Å². The maximum absolute atomic E-state index is 6.27. The van der Waals surface area contributed by atoms with E-state index in [1.54, 1.807) is 0 Å². The SMILES string of the molecule is CC(C)COc1ccc2c(OCC(C)C)c(Cl)ccc2c1. The van der Waals surface area contributed by atoms with Crippen LogP contribution < -0.4 is 9.47 Å². The molecular formula is C18H23ClO2. The molecule has 0 heterocycles. The van der Waals surface area contributed by atoms with Crippen molar-refractivity contribution in [2.75, 3.05) is 13.2 Å². The van der Waals surface area contributed by atoms with Crippen molar-refractivity contribution >= 4 is 22.4 Å². The Balaban J connectivity index is 2.30. The molecule has 0 amide bonds. The van der Waals surface area contributed by atoms with Crippen molar-refractivity contribution in [2.24, 2.45) is 11.8 Å². The number of halogens is 1. The number of rotatable bonds is 6. The molecule has 0 radical (unpaired) electrons. The van der Waals surface area contributed by atoms with E-state index in [0.29, 0.717) is 23.5 Å². The first-order valence-corrected chi connectivity index (χ1v) is 7.83. The van der Waals surface area contributed by atoms with Crippen LogP contribution >= 0.6 is 11.6 Å². The van der Waals surface area contributed by atoms with Crippen molar-refractivity contribution in [1.29, 1.82) is 0 Å². The summed E-state index contributed by atoms with van der Waals surface area (Å²) in [5, 5.41) is 2.76. The minimum Gasteiger partial charge on any atom is -0.493 e. The van der Waals surface area contributed by atoms with E-state index in [1.165, 1.54) is 0 Å². The second-order valence-corrected chi connectivity index (χ2v) is 6.58. The van der Waals surface area contributed by atoms with Crippen LogP contribution in [0.4, 0.5) is 0 Å². The Kier molecular flexibility index (Phi) is 5.35. The lowest BCUT2D eigenvalue weighted by molar-refractivity contribution is 0.271. The number of hydrogen-bond donors (Lipinski definition) is 0. The Hall–Kier alpha value is -1.41. The molecule has 0 N–H and O–H groups in total. The van der Waals surface area contributed by atoms with E-state index in [2.05, 4.69) is 27.7 Å². The molecule has 2 aromatic carbocycles. The fourth-order valence-electron chi connectivity index (χ4n) is 2.00. The summed E-state index contributed by atoms with van der Waals surface area (Å²) in [4.78, 5) is 0. The molecule has 3 heteroatoms. The summed E-state index contributed by atoms with van der Waals surface area (Å²) in [6, 6.07) is 9.92. The zero-order valence-electron chi connectivity index (χ0n) is 13.2. The van der Waals surface area contributed by atoms with Gasteiger partial charge in [0, 0.05) is 5.39 Å². The lowest BCUT2D eigenvalue weighted by Gasteiger charge is -2.14. The van der Waals surface area contributed by atoms with Gasteiger partial charge in [-0.2, -0.15) is 0 Å². The number of hydrogen-bond acceptors (Lipinski definition) is 2. The van der Waals surface area contributed by atoms with E-state index in [9.17, 15) is 0 Å². The second kappa shape index (κ2) is 7.04. The number of fused-ring (bicyclic) bond motifs is 1. The normalized spacial score (nSPS) is 11.4. The van der Waals surface area contributed by atoms with Crippen molar-refractivity contribution in [3.05, 3.63) is 35.4 Å². The molecule has 0 aromatic heterocycles. The zero-order chi connectivity index (χ0) is 15.4. The van der Waals surface area contributed by atoms with Gasteiger partial charge < -0.3 is 9.47 Å². The zero-order valence-corrected chi connectivity index (χ0v) is 13.9. The van der Waals surface area contributed by atoms with Gasteiger partial charge in [-0.15, -0.1) is 0 Å². The van der Waals surface area contributed by atoms with Crippen LogP contribution in [-0.2, 0) is 0 Å². The largest absolute Gasteiger partial charge is 0.493 e. The van der Waals surface area contributed by atoms with Crippen molar-refractivity contribution in [3.63, 3.8) is 0 Å². The summed E-state index contributed by atoms with van der Waals surface area (Å²) in [5.74, 6) is 2.62. The van der Waals surface area contributed by atoms with Gasteiger partial charge in [0.05, 0.1) is 18.2 Å². The molecule has 0 fully saturated rings. The standard InChI is InChI=1S/C18H23ClO2/c1-12(2)10-20-15-6-7-16-14(9-15)5-8-17(19)18(16)21-11-13(3)4/h5-9,12-13H,10-11H2,1-4H3. The summed E-state index contributed by atoms with van der Waals surface area (Å²) in [6.07, 6.45) is 0. The molecule has 0 aliphatic heterocycles. The van der Waals surface area contributed by atoms with Gasteiger partial charge in [0.15, 0.2) is 0 Å². The Morgan fingerprint density at radius 2 is 1.57 bits per heavy atom. The minimum absolute atomic E-state index is 0.463. The summed E-state index contributed by atoms with van der Waals surface area (Å²) in [5.41, 5.74) is 0. The quantitative estimate of drug-likeness (QED) is 0.695. The van der Waals surface area contributed by atoms with E-state index in [-0.39, 0.29) is 0 Å². The number of benzene rings is 2. The molecule has 0 atom stereocenters. The average Bonchev–Trinajstić information content (AvgIpc) is 2.43. The Morgan fingerprint density at radius 1 is 0.905 bits per heavy atom. The molecular weight excluding hydrogens is 284 g/mol. The fraction of sp³-hybridized carbons (Fsp3) is 0.444. The minimum atomic E-state index is 0.463. The molecule has 0 saturated carbocycles. The molecule has 0 unspecified atom stereocenters. The molecule has 0 aliphatic carbocycles. The molecule has 0 spiro atoms. The van der Waals surface area contributed by atoms with Crippen LogP contribution in [0.25, 0.3) is 10.8 Å². The van der Waals surface area contributed by atoms with Crippen LogP contribution in [-0.4, -0.2) is 13.2 Å². The first-order chi connectivity index (χ1) is 9.97. The molecule has 0 saturated heterocycles. The van der Waals surface area contributed by atoms with Crippen molar-refractivity contribution in [1.82, 2.24) is 0 Å². The van der Waals surface area contributed by atoms with E-state index in [4.69, 9.17) is 21.1 Å². The van der Waals surface area contributed by atoms with E-state index in [0.717, 1.165) is 28.9 Å².